The van der Waals surface area contributed by atoms with Crippen molar-refractivity contribution in [2.45, 2.75) is 97.3 Å². The van der Waals surface area contributed by atoms with Gasteiger partial charge in [-0.2, -0.15) is 0 Å². The fraction of sp³-hybridized carbons (Fsp3) is 0.769. The van der Waals surface area contributed by atoms with Gasteiger partial charge in [0, 0.05) is 6.61 Å². The van der Waals surface area contributed by atoms with Crippen molar-refractivity contribution in [1.29, 1.82) is 0 Å². The second-order valence-corrected chi connectivity index (χ2v) is 8.00. The van der Waals surface area contributed by atoms with Crippen LogP contribution in [0.2, 0.25) is 0 Å². The van der Waals surface area contributed by atoms with Crippen molar-refractivity contribution in [1.82, 2.24) is 0 Å². The topological polar surface area (TPSA) is 27.7 Å². The Morgan fingerprint density at radius 1 is 0.517 bits per heavy atom. The Labute approximate surface area is 180 Å². The van der Waals surface area contributed by atoms with E-state index in [4.69, 9.17) is 14.2 Å². The highest BCUT2D eigenvalue weighted by atomic mass is 16.5. The largest absolute Gasteiger partial charge is 0.491 e. The van der Waals surface area contributed by atoms with E-state index in [1.54, 1.807) is 0 Å². The van der Waals surface area contributed by atoms with Crippen LogP contribution in [0.15, 0.2) is 24.3 Å². The number of unbranched alkanes of at least 4 members (excludes halogenated alkanes) is 10. The number of benzene rings is 1. The van der Waals surface area contributed by atoms with Crippen molar-refractivity contribution >= 4 is 0 Å². The van der Waals surface area contributed by atoms with Gasteiger partial charge in [-0.25, -0.2) is 0 Å². The van der Waals surface area contributed by atoms with E-state index in [0.717, 1.165) is 12.4 Å². The van der Waals surface area contributed by atoms with Gasteiger partial charge in [0.2, 0.25) is 0 Å². The number of hydrogen-bond acceptors (Lipinski definition) is 3. The third-order valence-corrected chi connectivity index (χ3v) is 5.25. The molecule has 0 aliphatic rings. The summed E-state index contributed by atoms with van der Waals surface area (Å²) in [6.45, 7) is 7.91. The predicted octanol–water partition coefficient (Wildman–Crippen LogP) is 7.36. The van der Waals surface area contributed by atoms with Crippen molar-refractivity contribution in [2.75, 3.05) is 33.0 Å². The second-order valence-electron chi connectivity index (χ2n) is 8.00. The van der Waals surface area contributed by atoms with Crippen molar-refractivity contribution < 1.29 is 14.2 Å². The van der Waals surface area contributed by atoms with Crippen LogP contribution < -0.4 is 4.74 Å². The summed E-state index contributed by atoms with van der Waals surface area (Å²) in [5.41, 5.74) is 1.41. The summed E-state index contributed by atoms with van der Waals surface area (Å²) in [5.74, 6) is 0.930. The SMILES string of the molecule is CCCCCCCCOCCOCCOc1ccc(CCCCCCCC)cc1. The van der Waals surface area contributed by atoms with Crippen molar-refractivity contribution in [2.24, 2.45) is 0 Å². The van der Waals surface area contributed by atoms with Crippen molar-refractivity contribution in [3.63, 3.8) is 0 Å². The third-order valence-electron chi connectivity index (χ3n) is 5.25. The molecule has 168 valence electrons. The normalized spacial score (nSPS) is 11.1. The minimum Gasteiger partial charge on any atom is -0.491 e. The average molecular weight is 407 g/mol. The Hall–Kier alpha value is -1.06. The zero-order chi connectivity index (χ0) is 20.8. The molecule has 0 amide bonds. The highest BCUT2D eigenvalue weighted by Gasteiger charge is 1.98. The summed E-state index contributed by atoms with van der Waals surface area (Å²) in [7, 11) is 0. The Bertz CT molecular complexity index is 444. The third kappa shape index (κ3) is 16.4. The zero-order valence-electron chi connectivity index (χ0n) is 19.3. The molecule has 0 spiro atoms. The van der Waals surface area contributed by atoms with Crippen LogP contribution in [0.5, 0.6) is 5.75 Å². The number of hydrogen-bond donors (Lipinski definition) is 0. The molecule has 0 aliphatic carbocycles. The number of ether oxygens (including phenoxy) is 3. The molecule has 29 heavy (non-hydrogen) atoms. The van der Waals surface area contributed by atoms with Crippen LogP contribution in [0.3, 0.4) is 0 Å². The van der Waals surface area contributed by atoms with Gasteiger partial charge < -0.3 is 14.2 Å². The van der Waals surface area contributed by atoms with E-state index >= 15 is 0 Å². The molecule has 0 aromatic heterocycles. The van der Waals surface area contributed by atoms with Crippen molar-refractivity contribution in [3.05, 3.63) is 29.8 Å². The first-order valence-electron chi connectivity index (χ1n) is 12.2. The quantitative estimate of drug-likeness (QED) is 0.200. The van der Waals surface area contributed by atoms with E-state index < -0.39 is 0 Å². The van der Waals surface area contributed by atoms with E-state index in [1.807, 2.05) is 0 Å². The summed E-state index contributed by atoms with van der Waals surface area (Å²) in [6, 6.07) is 8.54. The maximum absolute atomic E-state index is 5.76. The number of rotatable bonds is 21. The van der Waals surface area contributed by atoms with Gasteiger partial charge in [0.25, 0.3) is 0 Å². The lowest BCUT2D eigenvalue weighted by atomic mass is 10.0. The fourth-order valence-electron chi connectivity index (χ4n) is 3.39. The monoisotopic (exact) mass is 406 g/mol. The van der Waals surface area contributed by atoms with Gasteiger partial charge >= 0.3 is 0 Å². The lowest BCUT2D eigenvalue weighted by Crippen LogP contribution is -2.11. The molecule has 1 aromatic rings. The molecule has 0 N–H and O–H groups in total. The summed E-state index contributed by atoms with van der Waals surface area (Å²) < 4.78 is 17.0. The maximum Gasteiger partial charge on any atom is 0.119 e. The van der Waals surface area contributed by atoms with Crippen LogP contribution >= 0.6 is 0 Å². The standard InChI is InChI=1S/C26H46O3/c1-3-5-7-9-11-13-15-25-16-18-26(19-17-25)29-24-23-28-22-21-27-20-14-12-10-8-6-4-2/h16-19H,3-15,20-24H2,1-2H3. The number of aryl methyl sites for hydroxylation is 1. The zero-order valence-corrected chi connectivity index (χ0v) is 19.3. The minimum atomic E-state index is 0.591. The lowest BCUT2D eigenvalue weighted by molar-refractivity contribution is 0.0352. The van der Waals surface area contributed by atoms with Crippen molar-refractivity contribution in [3.8, 4) is 5.75 Å². The van der Waals surface area contributed by atoms with Gasteiger partial charge in [0.1, 0.15) is 12.4 Å². The van der Waals surface area contributed by atoms with E-state index in [-0.39, 0.29) is 0 Å². The van der Waals surface area contributed by atoms with E-state index in [0.29, 0.717) is 26.4 Å². The summed E-state index contributed by atoms with van der Waals surface area (Å²) in [5, 5.41) is 0. The first-order chi connectivity index (χ1) is 14.4. The Balaban J connectivity index is 1.89. The molecule has 0 saturated heterocycles. The molecule has 1 aromatic carbocycles. The highest BCUT2D eigenvalue weighted by Crippen LogP contribution is 2.15. The van der Waals surface area contributed by atoms with Crippen LogP contribution in [-0.2, 0) is 15.9 Å². The van der Waals surface area contributed by atoms with Gasteiger partial charge in [-0.3, -0.25) is 0 Å². The first kappa shape index (κ1) is 26.0. The molecule has 0 unspecified atom stereocenters. The summed E-state index contributed by atoms with van der Waals surface area (Å²) in [4.78, 5) is 0. The van der Waals surface area contributed by atoms with Gasteiger partial charge in [-0.05, 0) is 37.0 Å². The van der Waals surface area contributed by atoms with E-state index in [2.05, 4.69) is 38.1 Å². The molecule has 0 radical (unpaired) electrons. The minimum absolute atomic E-state index is 0.591. The molecule has 0 aliphatic heterocycles. The predicted molar refractivity (Wildman–Crippen MR) is 124 cm³/mol. The Kier molecular flexibility index (Phi) is 18.1. The molecule has 0 atom stereocenters. The molecule has 1 rings (SSSR count). The van der Waals surface area contributed by atoms with Gasteiger partial charge in [-0.15, -0.1) is 0 Å². The highest BCUT2D eigenvalue weighted by molar-refractivity contribution is 5.27. The summed E-state index contributed by atoms with van der Waals surface area (Å²) >= 11 is 0. The van der Waals surface area contributed by atoms with E-state index in [1.165, 1.54) is 89.0 Å². The van der Waals surface area contributed by atoms with Crippen LogP contribution in [0.1, 0.15) is 96.5 Å². The molecule has 3 heteroatoms. The Morgan fingerprint density at radius 3 is 1.69 bits per heavy atom. The molecular weight excluding hydrogens is 360 g/mol. The Morgan fingerprint density at radius 2 is 1.03 bits per heavy atom. The average Bonchev–Trinajstić information content (AvgIpc) is 2.75. The lowest BCUT2D eigenvalue weighted by Gasteiger charge is -2.09. The smallest absolute Gasteiger partial charge is 0.119 e. The second kappa shape index (κ2) is 20.2. The molecule has 0 heterocycles. The van der Waals surface area contributed by atoms with Crippen LogP contribution in [0.4, 0.5) is 0 Å². The summed E-state index contributed by atoms with van der Waals surface area (Å²) in [6.07, 6.45) is 17.1. The fourth-order valence-corrected chi connectivity index (χ4v) is 3.39. The maximum atomic E-state index is 5.76. The van der Waals surface area contributed by atoms with Crippen LogP contribution in [0.25, 0.3) is 0 Å². The van der Waals surface area contributed by atoms with Gasteiger partial charge in [-0.1, -0.05) is 90.2 Å². The molecule has 0 bridgehead atoms. The van der Waals surface area contributed by atoms with Gasteiger partial charge in [0.15, 0.2) is 0 Å². The van der Waals surface area contributed by atoms with Crippen LogP contribution in [-0.4, -0.2) is 33.0 Å². The first-order valence-corrected chi connectivity index (χ1v) is 12.2. The van der Waals surface area contributed by atoms with E-state index in [9.17, 15) is 0 Å². The molecule has 0 saturated carbocycles. The van der Waals surface area contributed by atoms with Crippen LogP contribution in [0, 0.1) is 0 Å². The van der Waals surface area contributed by atoms with Gasteiger partial charge in [0.05, 0.1) is 19.8 Å². The molecular formula is C26H46O3. The molecule has 3 nitrogen and oxygen atoms in total. The molecule has 0 fully saturated rings.